The number of piperidine rings is 1. The molecular weight excluding hydrogens is 426 g/mol. The molecule has 0 N–H and O–H groups in total. The van der Waals surface area contributed by atoms with E-state index in [9.17, 15) is 18.5 Å². The predicted molar refractivity (Wildman–Crippen MR) is 113 cm³/mol. The minimum absolute atomic E-state index is 0.0732. The first-order valence-corrected chi connectivity index (χ1v) is 11.9. The molecule has 3 aromatic rings. The second kappa shape index (κ2) is 8.32. The summed E-state index contributed by atoms with van der Waals surface area (Å²) in [6.45, 7) is 3.73. The third kappa shape index (κ3) is 3.92. The molecule has 1 saturated heterocycles. The molecule has 0 spiro atoms. The first-order valence-electron chi connectivity index (χ1n) is 9.69. The van der Waals surface area contributed by atoms with Crippen molar-refractivity contribution in [1.82, 2.24) is 18.8 Å². The minimum atomic E-state index is -3.53. The first-order chi connectivity index (χ1) is 14.4. The molecule has 0 bridgehead atoms. The van der Waals surface area contributed by atoms with Crippen LogP contribution < -0.4 is 0 Å². The number of pyridine rings is 1. The molecule has 11 heteroatoms. The Hall–Kier alpha value is -2.50. The quantitative estimate of drug-likeness (QED) is 0.418. The third-order valence-corrected chi connectivity index (χ3v) is 7.92. The Bertz CT molecular complexity index is 1190. The number of imidazole rings is 1. The van der Waals surface area contributed by atoms with Crippen LogP contribution in [-0.4, -0.2) is 45.3 Å². The second-order valence-corrected chi connectivity index (χ2v) is 9.89. The van der Waals surface area contributed by atoms with Gasteiger partial charge in [-0.25, -0.2) is 18.4 Å². The summed E-state index contributed by atoms with van der Waals surface area (Å²) in [4.78, 5) is 19.3. The molecule has 9 nitrogen and oxygen atoms in total. The number of hydrogen-bond donors (Lipinski definition) is 0. The molecule has 2 aromatic heterocycles. The Kier molecular flexibility index (Phi) is 5.76. The average Bonchev–Trinajstić information content (AvgIpc) is 3.10. The number of fused-ring (bicyclic) bond motifs is 1. The van der Waals surface area contributed by atoms with Crippen molar-refractivity contribution in [3.05, 3.63) is 46.6 Å². The number of hydrogen-bond acceptors (Lipinski definition) is 7. The number of benzene rings is 1. The van der Waals surface area contributed by atoms with Gasteiger partial charge in [-0.2, -0.15) is 4.31 Å². The molecule has 158 valence electrons. The largest absolute Gasteiger partial charge is 0.319 e. The maximum absolute atomic E-state index is 13.0. The van der Waals surface area contributed by atoms with Crippen LogP contribution in [0.25, 0.3) is 11.0 Å². The second-order valence-electron chi connectivity index (χ2n) is 6.97. The molecule has 4 rings (SSSR count). The standard InChI is InChI=1S/C19H21N5O4S2/c1-2-23-17-8-7-15(30(27,28)22-10-4-3-5-11-22)12-16(17)21-19(23)29-18-9-6-14(13-20-18)24(25)26/h6-9,12-13H,2-5,10-11H2,1H3. The lowest BCUT2D eigenvalue weighted by atomic mass is 10.2. The number of aryl methyl sites for hydroxylation is 1. The summed E-state index contributed by atoms with van der Waals surface area (Å²) >= 11 is 1.28. The van der Waals surface area contributed by atoms with Crippen molar-refractivity contribution in [2.24, 2.45) is 0 Å². The molecule has 1 fully saturated rings. The normalized spacial score (nSPS) is 15.5. The summed E-state index contributed by atoms with van der Waals surface area (Å²) in [7, 11) is -3.53. The molecule has 0 aliphatic carbocycles. The highest BCUT2D eigenvalue weighted by atomic mass is 32.2. The van der Waals surface area contributed by atoms with Crippen LogP contribution in [0.2, 0.25) is 0 Å². The van der Waals surface area contributed by atoms with Gasteiger partial charge in [-0.05, 0) is 55.8 Å². The van der Waals surface area contributed by atoms with E-state index in [0.717, 1.165) is 24.8 Å². The van der Waals surface area contributed by atoms with Gasteiger partial charge in [0.1, 0.15) is 11.2 Å². The lowest BCUT2D eigenvalue weighted by molar-refractivity contribution is -0.385. The third-order valence-electron chi connectivity index (χ3n) is 5.08. The van der Waals surface area contributed by atoms with Gasteiger partial charge < -0.3 is 4.57 Å². The molecule has 0 amide bonds. The zero-order chi connectivity index (χ0) is 21.3. The zero-order valence-electron chi connectivity index (χ0n) is 16.4. The highest BCUT2D eigenvalue weighted by molar-refractivity contribution is 7.99. The van der Waals surface area contributed by atoms with E-state index in [-0.39, 0.29) is 10.6 Å². The van der Waals surface area contributed by atoms with Gasteiger partial charge in [-0.15, -0.1) is 0 Å². The number of nitrogens with zero attached hydrogens (tertiary/aromatic N) is 5. The fourth-order valence-electron chi connectivity index (χ4n) is 3.52. The zero-order valence-corrected chi connectivity index (χ0v) is 18.0. The van der Waals surface area contributed by atoms with Crippen LogP contribution in [0.1, 0.15) is 26.2 Å². The number of rotatable bonds is 6. The predicted octanol–water partition coefficient (Wildman–Crippen LogP) is 3.69. The van der Waals surface area contributed by atoms with Crippen molar-refractivity contribution < 1.29 is 13.3 Å². The van der Waals surface area contributed by atoms with E-state index in [0.29, 0.717) is 35.3 Å². The van der Waals surface area contributed by atoms with Crippen molar-refractivity contribution in [2.45, 2.75) is 47.8 Å². The van der Waals surface area contributed by atoms with E-state index in [2.05, 4.69) is 9.97 Å². The molecule has 0 unspecified atom stereocenters. The first kappa shape index (κ1) is 20.8. The molecule has 0 saturated carbocycles. The van der Waals surface area contributed by atoms with Crippen molar-refractivity contribution in [3.63, 3.8) is 0 Å². The van der Waals surface area contributed by atoms with Crippen LogP contribution in [-0.2, 0) is 16.6 Å². The van der Waals surface area contributed by atoms with Gasteiger partial charge in [-0.3, -0.25) is 10.1 Å². The van der Waals surface area contributed by atoms with Gasteiger partial charge in [0.2, 0.25) is 10.0 Å². The van der Waals surface area contributed by atoms with Crippen LogP contribution in [0, 0.1) is 10.1 Å². The maximum atomic E-state index is 13.0. The highest BCUT2D eigenvalue weighted by Gasteiger charge is 2.26. The molecule has 1 aliphatic heterocycles. The molecule has 0 atom stereocenters. The van der Waals surface area contributed by atoms with Crippen LogP contribution in [0.15, 0.2) is 51.6 Å². The van der Waals surface area contributed by atoms with Gasteiger partial charge >= 0.3 is 0 Å². The van der Waals surface area contributed by atoms with Crippen LogP contribution in [0.4, 0.5) is 5.69 Å². The van der Waals surface area contributed by atoms with E-state index >= 15 is 0 Å². The van der Waals surface area contributed by atoms with E-state index in [1.807, 2.05) is 11.5 Å². The van der Waals surface area contributed by atoms with Crippen molar-refractivity contribution in [2.75, 3.05) is 13.1 Å². The summed E-state index contributed by atoms with van der Waals surface area (Å²) < 4.78 is 29.5. The molecule has 1 aliphatic rings. The molecule has 30 heavy (non-hydrogen) atoms. The molecule has 0 radical (unpaired) electrons. The van der Waals surface area contributed by atoms with Gasteiger partial charge in [-0.1, -0.05) is 6.42 Å². The van der Waals surface area contributed by atoms with Gasteiger partial charge in [0.05, 0.1) is 20.9 Å². The smallest absolute Gasteiger partial charge is 0.287 e. The highest BCUT2D eigenvalue weighted by Crippen LogP contribution is 2.31. The average molecular weight is 448 g/mol. The van der Waals surface area contributed by atoms with Gasteiger partial charge in [0.15, 0.2) is 5.16 Å². The molecule has 3 heterocycles. The number of aromatic nitrogens is 3. The Morgan fingerprint density at radius 1 is 1.17 bits per heavy atom. The monoisotopic (exact) mass is 447 g/mol. The van der Waals surface area contributed by atoms with Crippen LogP contribution >= 0.6 is 11.8 Å². The van der Waals surface area contributed by atoms with E-state index in [1.165, 1.54) is 24.0 Å². The Morgan fingerprint density at radius 3 is 2.57 bits per heavy atom. The fourth-order valence-corrected chi connectivity index (χ4v) is 5.97. The van der Waals surface area contributed by atoms with Gasteiger partial charge in [0, 0.05) is 25.7 Å². The van der Waals surface area contributed by atoms with E-state index in [1.54, 1.807) is 28.6 Å². The topological polar surface area (TPSA) is 111 Å². The minimum Gasteiger partial charge on any atom is -0.319 e. The number of sulfonamides is 1. The Balaban J connectivity index is 1.67. The molecular formula is C19H21N5O4S2. The van der Waals surface area contributed by atoms with E-state index in [4.69, 9.17) is 0 Å². The number of nitro groups is 1. The van der Waals surface area contributed by atoms with Crippen LogP contribution in [0.3, 0.4) is 0 Å². The van der Waals surface area contributed by atoms with Gasteiger partial charge in [0.25, 0.3) is 5.69 Å². The summed E-state index contributed by atoms with van der Waals surface area (Å²) in [6.07, 6.45) is 4.04. The summed E-state index contributed by atoms with van der Waals surface area (Å²) in [5, 5.41) is 12.0. The Morgan fingerprint density at radius 2 is 1.93 bits per heavy atom. The SMILES string of the molecule is CCn1c(Sc2ccc([N+](=O)[O-])cn2)nc2cc(S(=O)(=O)N3CCCCC3)ccc21. The van der Waals surface area contributed by atoms with E-state index < -0.39 is 14.9 Å². The Labute approximate surface area is 178 Å². The van der Waals surface area contributed by atoms with Crippen molar-refractivity contribution in [1.29, 1.82) is 0 Å². The lowest BCUT2D eigenvalue weighted by Crippen LogP contribution is -2.35. The van der Waals surface area contributed by atoms with Crippen molar-refractivity contribution in [3.8, 4) is 0 Å². The maximum Gasteiger partial charge on any atom is 0.287 e. The summed E-state index contributed by atoms with van der Waals surface area (Å²) in [6, 6.07) is 8.03. The van der Waals surface area contributed by atoms with Crippen LogP contribution in [0.5, 0.6) is 0 Å². The summed E-state index contributed by atoms with van der Waals surface area (Å²) in [5.41, 5.74) is 1.36. The lowest BCUT2D eigenvalue weighted by Gasteiger charge is -2.25. The summed E-state index contributed by atoms with van der Waals surface area (Å²) in [5.74, 6) is 0. The fraction of sp³-hybridized carbons (Fsp3) is 0.368. The van der Waals surface area contributed by atoms with Crippen molar-refractivity contribution >= 4 is 38.5 Å². The molecule has 1 aromatic carbocycles.